The van der Waals surface area contributed by atoms with E-state index in [0.29, 0.717) is 10.6 Å². The summed E-state index contributed by atoms with van der Waals surface area (Å²) < 4.78 is 0. The van der Waals surface area contributed by atoms with Crippen LogP contribution in [0.25, 0.3) is 0 Å². The van der Waals surface area contributed by atoms with E-state index in [1.54, 1.807) is 31.2 Å². The van der Waals surface area contributed by atoms with E-state index < -0.39 is 17.5 Å². The molecule has 0 spiro atoms. The molecule has 1 saturated heterocycles. The summed E-state index contributed by atoms with van der Waals surface area (Å²) in [4.78, 5) is 38.0. The fourth-order valence-corrected chi connectivity index (χ4v) is 2.86. The molecule has 1 aromatic rings. The van der Waals surface area contributed by atoms with E-state index in [1.165, 1.54) is 0 Å². The highest BCUT2D eigenvalue weighted by Crippen LogP contribution is 2.29. The second-order valence-corrected chi connectivity index (χ2v) is 6.47. The number of imide groups is 1. The number of carbonyl (C=O) groups is 3. The van der Waals surface area contributed by atoms with Crippen LogP contribution < -0.4 is 10.6 Å². The Balaban J connectivity index is 2.14. The molecule has 1 fully saturated rings. The van der Waals surface area contributed by atoms with Crippen LogP contribution in [-0.4, -0.2) is 35.3 Å². The van der Waals surface area contributed by atoms with Crippen LogP contribution in [0.3, 0.4) is 0 Å². The van der Waals surface area contributed by atoms with Crippen LogP contribution >= 0.6 is 11.6 Å². The average molecular weight is 352 g/mol. The van der Waals surface area contributed by atoms with E-state index in [2.05, 4.69) is 10.6 Å². The third-order valence-electron chi connectivity index (χ3n) is 4.35. The molecule has 2 N–H and O–H groups in total. The first-order chi connectivity index (χ1) is 11.3. The zero-order chi connectivity index (χ0) is 17.9. The van der Waals surface area contributed by atoms with Crippen molar-refractivity contribution >= 4 is 29.4 Å². The van der Waals surface area contributed by atoms with Crippen LogP contribution in [0.5, 0.6) is 0 Å². The summed E-state index contributed by atoms with van der Waals surface area (Å²) in [7, 11) is 0. The van der Waals surface area contributed by atoms with Gasteiger partial charge in [0, 0.05) is 11.1 Å². The zero-order valence-electron chi connectivity index (χ0n) is 14.1. The predicted molar refractivity (Wildman–Crippen MR) is 91.6 cm³/mol. The fourth-order valence-electron chi connectivity index (χ4n) is 2.73. The molecule has 1 aromatic carbocycles. The summed E-state index contributed by atoms with van der Waals surface area (Å²) in [5, 5.41) is 6.04. The van der Waals surface area contributed by atoms with Crippen molar-refractivity contribution in [2.45, 2.75) is 45.2 Å². The minimum absolute atomic E-state index is 0.0425. The van der Waals surface area contributed by atoms with Gasteiger partial charge in [-0.2, -0.15) is 0 Å². The number of benzene rings is 1. The fraction of sp³-hybridized carbons (Fsp3) is 0.471. The molecule has 1 unspecified atom stereocenters. The Morgan fingerprint density at radius 1 is 1.25 bits per heavy atom. The second kappa shape index (κ2) is 7.21. The van der Waals surface area contributed by atoms with Gasteiger partial charge in [-0.05, 0) is 37.5 Å². The average Bonchev–Trinajstić information content (AvgIpc) is 2.77. The molecule has 1 aliphatic rings. The van der Waals surface area contributed by atoms with Crippen molar-refractivity contribution in [3.63, 3.8) is 0 Å². The van der Waals surface area contributed by atoms with Gasteiger partial charge in [-0.15, -0.1) is 0 Å². The topological polar surface area (TPSA) is 78.5 Å². The lowest BCUT2D eigenvalue weighted by Gasteiger charge is -2.22. The van der Waals surface area contributed by atoms with Gasteiger partial charge in [-0.3, -0.25) is 14.5 Å². The highest BCUT2D eigenvalue weighted by atomic mass is 35.5. The highest BCUT2D eigenvalue weighted by molar-refractivity contribution is 6.30. The minimum Gasteiger partial charge on any atom is -0.352 e. The Morgan fingerprint density at radius 2 is 1.83 bits per heavy atom. The van der Waals surface area contributed by atoms with Gasteiger partial charge in [-0.1, -0.05) is 37.6 Å². The lowest BCUT2D eigenvalue weighted by molar-refractivity contribution is -0.135. The summed E-state index contributed by atoms with van der Waals surface area (Å²) in [6.45, 7) is 5.28. The van der Waals surface area contributed by atoms with Crippen LogP contribution in [0.1, 0.15) is 39.2 Å². The maximum atomic E-state index is 12.7. The summed E-state index contributed by atoms with van der Waals surface area (Å²) in [5.74, 6) is -0.790. The van der Waals surface area contributed by atoms with Gasteiger partial charge < -0.3 is 10.6 Å². The molecular weight excluding hydrogens is 330 g/mol. The molecule has 1 aliphatic heterocycles. The molecule has 0 aromatic heterocycles. The van der Waals surface area contributed by atoms with Gasteiger partial charge in [0.2, 0.25) is 5.91 Å². The molecule has 0 saturated carbocycles. The van der Waals surface area contributed by atoms with E-state index >= 15 is 0 Å². The largest absolute Gasteiger partial charge is 0.352 e. The molecule has 0 bridgehead atoms. The van der Waals surface area contributed by atoms with Crippen LogP contribution in [-0.2, 0) is 15.1 Å². The first-order valence-corrected chi connectivity index (χ1v) is 8.39. The van der Waals surface area contributed by atoms with Gasteiger partial charge in [0.05, 0.1) is 0 Å². The van der Waals surface area contributed by atoms with Crippen LogP contribution in [0.4, 0.5) is 4.79 Å². The molecule has 0 aliphatic carbocycles. The second-order valence-electron chi connectivity index (χ2n) is 6.03. The quantitative estimate of drug-likeness (QED) is 0.772. The van der Waals surface area contributed by atoms with Crippen molar-refractivity contribution in [1.29, 1.82) is 0 Å². The van der Waals surface area contributed by atoms with Crippen LogP contribution in [0.15, 0.2) is 24.3 Å². The van der Waals surface area contributed by atoms with Crippen molar-refractivity contribution in [3.05, 3.63) is 34.9 Å². The number of carbonyl (C=O) groups excluding carboxylic acids is 3. The molecule has 2 rings (SSSR count). The molecule has 0 radical (unpaired) electrons. The smallest absolute Gasteiger partial charge is 0.325 e. The third kappa shape index (κ3) is 3.53. The van der Waals surface area contributed by atoms with Gasteiger partial charge in [0.25, 0.3) is 5.91 Å². The number of hydrogen-bond acceptors (Lipinski definition) is 3. The molecular formula is C17H22ClN3O3. The maximum Gasteiger partial charge on any atom is 0.325 e. The molecule has 6 nitrogen and oxygen atoms in total. The van der Waals surface area contributed by atoms with Crippen molar-refractivity contribution < 1.29 is 14.4 Å². The van der Waals surface area contributed by atoms with E-state index in [0.717, 1.165) is 17.7 Å². The minimum atomic E-state index is -1.20. The Hall–Kier alpha value is -2.08. The number of nitrogens with one attached hydrogen (secondary N) is 2. The first kappa shape index (κ1) is 18.3. The molecule has 1 heterocycles. The monoisotopic (exact) mass is 351 g/mol. The zero-order valence-corrected chi connectivity index (χ0v) is 14.8. The number of hydrogen-bond donors (Lipinski definition) is 2. The summed E-state index contributed by atoms with van der Waals surface area (Å²) in [6, 6.07) is 6.16. The van der Waals surface area contributed by atoms with Crippen molar-refractivity contribution in [2.24, 2.45) is 0 Å². The Morgan fingerprint density at radius 3 is 2.38 bits per heavy atom. The number of amides is 4. The number of rotatable bonds is 6. The summed E-state index contributed by atoms with van der Waals surface area (Å²) in [5.41, 5.74) is -0.579. The third-order valence-corrected chi connectivity index (χ3v) is 4.60. The van der Waals surface area contributed by atoms with Gasteiger partial charge in [0.15, 0.2) is 0 Å². The van der Waals surface area contributed by atoms with Crippen molar-refractivity contribution in [2.75, 3.05) is 6.54 Å². The van der Waals surface area contributed by atoms with E-state index in [9.17, 15) is 14.4 Å². The van der Waals surface area contributed by atoms with Crippen molar-refractivity contribution in [3.8, 4) is 0 Å². The number of nitrogens with zero attached hydrogens (tertiary/aromatic N) is 1. The van der Waals surface area contributed by atoms with E-state index in [4.69, 9.17) is 11.6 Å². The predicted octanol–water partition coefficient (Wildman–Crippen LogP) is 2.41. The lowest BCUT2D eigenvalue weighted by atomic mass is 9.92. The summed E-state index contributed by atoms with van der Waals surface area (Å²) in [6.07, 6.45) is 1.59. The Bertz CT molecular complexity index is 643. The number of urea groups is 1. The normalized spacial score (nSPS) is 20.5. The summed E-state index contributed by atoms with van der Waals surface area (Å²) >= 11 is 5.87. The highest BCUT2D eigenvalue weighted by Gasteiger charge is 2.49. The van der Waals surface area contributed by atoms with Gasteiger partial charge >= 0.3 is 6.03 Å². The Kier molecular flexibility index (Phi) is 5.49. The molecule has 1 atom stereocenters. The molecule has 130 valence electrons. The van der Waals surface area contributed by atoms with Crippen LogP contribution in [0, 0.1) is 0 Å². The maximum absolute atomic E-state index is 12.7. The first-order valence-electron chi connectivity index (χ1n) is 8.01. The molecule has 24 heavy (non-hydrogen) atoms. The molecule has 7 heteroatoms. The van der Waals surface area contributed by atoms with Crippen LogP contribution in [0.2, 0.25) is 5.02 Å². The van der Waals surface area contributed by atoms with Crippen molar-refractivity contribution in [1.82, 2.24) is 15.5 Å². The molecule has 4 amide bonds. The standard InChI is InChI=1S/C17H22ClN3O3/c1-4-13(5-2)19-14(22)10-21-15(23)17(3,20-16(21)24)11-6-8-12(18)9-7-11/h6-9,13H,4-5,10H2,1-3H3,(H,19,22)(H,20,24). The van der Waals surface area contributed by atoms with Gasteiger partial charge in [0.1, 0.15) is 12.1 Å². The van der Waals surface area contributed by atoms with E-state index in [-0.39, 0.29) is 18.5 Å². The van der Waals surface area contributed by atoms with E-state index in [1.807, 2.05) is 13.8 Å². The Labute approximate surface area is 146 Å². The van der Waals surface area contributed by atoms with Gasteiger partial charge in [-0.25, -0.2) is 4.79 Å². The number of halogens is 1. The lowest BCUT2D eigenvalue weighted by Crippen LogP contribution is -2.45. The SMILES string of the molecule is CCC(CC)NC(=O)CN1C(=O)NC(C)(c2ccc(Cl)cc2)C1=O.